The summed E-state index contributed by atoms with van der Waals surface area (Å²) in [5, 5.41) is 7.70. The first kappa shape index (κ1) is 5.70. The molecule has 0 aliphatic carbocycles. The second kappa shape index (κ2) is 1.51. The van der Waals surface area contributed by atoms with E-state index in [0.717, 1.165) is 12.2 Å². The molecule has 4 heteroatoms. The van der Waals surface area contributed by atoms with Gasteiger partial charge in [0.1, 0.15) is 6.33 Å². The molecule has 0 saturated heterocycles. The number of fused-ring (bicyclic) bond motifs is 1. The third-order valence-electron chi connectivity index (χ3n) is 1.64. The van der Waals surface area contributed by atoms with Gasteiger partial charge in [0.25, 0.3) is 0 Å². The van der Waals surface area contributed by atoms with Gasteiger partial charge in [-0.25, -0.2) is 4.68 Å². The third-order valence-corrected chi connectivity index (χ3v) is 1.64. The fraction of sp³-hybridized carbons (Fsp3) is 0.667. The van der Waals surface area contributed by atoms with Gasteiger partial charge in [-0.15, -0.1) is 10.2 Å². The number of aromatic nitrogens is 3. The topological polar surface area (TPSA) is 42.7 Å². The third kappa shape index (κ3) is 0.683. The first-order valence-corrected chi connectivity index (χ1v) is 3.34. The average Bonchev–Trinajstić information content (AvgIpc) is 2.20. The highest BCUT2D eigenvalue weighted by atomic mass is 15.5. The highest BCUT2D eigenvalue weighted by Gasteiger charge is 2.28. The molecule has 1 aliphatic heterocycles. The highest BCUT2D eigenvalue weighted by Crippen LogP contribution is 2.17. The van der Waals surface area contributed by atoms with Gasteiger partial charge in [-0.3, -0.25) is 0 Å². The maximum atomic E-state index is 3.94. The molecule has 2 heterocycles. The molecule has 1 N–H and O–H groups in total. The van der Waals surface area contributed by atoms with E-state index in [1.54, 1.807) is 6.33 Å². The largest absolute Gasteiger partial charge is 0.317 e. The summed E-state index contributed by atoms with van der Waals surface area (Å²) in [6.07, 6.45) is 2.65. The zero-order valence-corrected chi connectivity index (χ0v) is 6.13. The molecule has 1 aliphatic rings. The molecule has 1 aromatic rings. The Morgan fingerprint density at radius 3 is 3.20 bits per heavy atom. The molecular formula is C6H10N4. The van der Waals surface area contributed by atoms with E-state index in [9.17, 15) is 0 Å². The molecule has 54 valence electrons. The lowest BCUT2D eigenvalue weighted by Gasteiger charge is -2.16. The Morgan fingerprint density at radius 1 is 1.70 bits per heavy atom. The maximum Gasteiger partial charge on any atom is 0.154 e. The SMILES string of the molecule is CC1(C)Cc2nncn2N1. The van der Waals surface area contributed by atoms with E-state index in [1.807, 2.05) is 4.68 Å². The van der Waals surface area contributed by atoms with Crippen LogP contribution in [-0.2, 0) is 6.42 Å². The normalized spacial score (nSPS) is 20.2. The zero-order valence-electron chi connectivity index (χ0n) is 6.13. The Labute approximate surface area is 59.2 Å². The molecule has 0 aromatic carbocycles. The molecule has 0 amide bonds. The number of hydrogen-bond acceptors (Lipinski definition) is 3. The second-order valence-electron chi connectivity index (χ2n) is 3.29. The molecule has 10 heavy (non-hydrogen) atoms. The molecule has 0 bridgehead atoms. The van der Waals surface area contributed by atoms with Crippen molar-refractivity contribution in [3.8, 4) is 0 Å². The van der Waals surface area contributed by atoms with Crippen molar-refractivity contribution >= 4 is 0 Å². The van der Waals surface area contributed by atoms with Crippen LogP contribution in [0.2, 0.25) is 0 Å². The van der Waals surface area contributed by atoms with Crippen LogP contribution in [0.15, 0.2) is 6.33 Å². The lowest BCUT2D eigenvalue weighted by atomic mass is 10.0. The van der Waals surface area contributed by atoms with E-state index in [-0.39, 0.29) is 5.54 Å². The average molecular weight is 138 g/mol. The van der Waals surface area contributed by atoms with Gasteiger partial charge < -0.3 is 5.43 Å². The summed E-state index contributed by atoms with van der Waals surface area (Å²) < 4.78 is 1.88. The van der Waals surface area contributed by atoms with E-state index in [0.29, 0.717) is 0 Å². The number of nitrogens with one attached hydrogen (secondary N) is 1. The predicted octanol–water partition coefficient (Wildman–Crippen LogP) is 0.156. The van der Waals surface area contributed by atoms with E-state index in [1.165, 1.54) is 0 Å². The smallest absolute Gasteiger partial charge is 0.154 e. The van der Waals surface area contributed by atoms with Crippen LogP contribution in [0.25, 0.3) is 0 Å². The number of rotatable bonds is 0. The monoisotopic (exact) mass is 138 g/mol. The number of hydrogen-bond donors (Lipinski definition) is 1. The molecule has 0 fully saturated rings. The summed E-state index contributed by atoms with van der Waals surface area (Å²) in [5.41, 5.74) is 3.39. The van der Waals surface area contributed by atoms with Crippen LogP contribution in [0.5, 0.6) is 0 Å². The van der Waals surface area contributed by atoms with Crippen molar-refractivity contribution < 1.29 is 0 Å². The molecule has 4 nitrogen and oxygen atoms in total. The lowest BCUT2D eigenvalue weighted by molar-refractivity contribution is 0.562. The van der Waals surface area contributed by atoms with Crippen molar-refractivity contribution in [2.45, 2.75) is 25.8 Å². The van der Waals surface area contributed by atoms with Crippen LogP contribution < -0.4 is 5.43 Å². The summed E-state index contributed by atoms with van der Waals surface area (Å²) in [6, 6.07) is 0. The van der Waals surface area contributed by atoms with Crippen LogP contribution in [0.3, 0.4) is 0 Å². The zero-order chi connectivity index (χ0) is 7.19. The predicted molar refractivity (Wildman–Crippen MR) is 37.2 cm³/mol. The van der Waals surface area contributed by atoms with E-state index < -0.39 is 0 Å². The molecule has 1 aromatic heterocycles. The minimum atomic E-state index is 0.144. The van der Waals surface area contributed by atoms with Crippen LogP contribution in [0.1, 0.15) is 19.7 Å². The van der Waals surface area contributed by atoms with Gasteiger partial charge in [-0.2, -0.15) is 0 Å². The van der Waals surface area contributed by atoms with E-state index in [2.05, 4.69) is 29.5 Å². The van der Waals surface area contributed by atoms with Crippen molar-refractivity contribution in [2.75, 3.05) is 5.43 Å². The van der Waals surface area contributed by atoms with Crippen molar-refractivity contribution in [3.63, 3.8) is 0 Å². The van der Waals surface area contributed by atoms with Gasteiger partial charge in [0.05, 0.1) is 5.54 Å². The highest BCUT2D eigenvalue weighted by molar-refractivity contribution is 5.10. The summed E-state index contributed by atoms with van der Waals surface area (Å²) in [4.78, 5) is 0. The van der Waals surface area contributed by atoms with Gasteiger partial charge >= 0.3 is 0 Å². The van der Waals surface area contributed by atoms with Crippen LogP contribution in [-0.4, -0.2) is 20.4 Å². The standard InChI is InChI=1S/C6H10N4/c1-6(2)3-5-8-7-4-10(5)9-6/h4,9H,3H2,1-2H3. The minimum absolute atomic E-state index is 0.144. The van der Waals surface area contributed by atoms with Gasteiger partial charge in [0.2, 0.25) is 0 Å². The fourth-order valence-electron chi connectivity index (χ4n) is 1.23. The number of nitrogens with zero attached hydrogens (tertiary/aromatic N) is 3. The summed E-state index contributed by atoms with van der Waals surface area (Å²) >= 11 is 0. The molecule has 0 unspecified atom stereocenters. The molecule has 0 radical (unpaired) electrons. The van der Waals surface area contributed by atoms with E-state index in [4.69, 9.17) is 0 Å². The van der Waals surface area contributed by atoms with Crippen molar-refractivity contribution in [3.05, 3.63) is 12.2 Å². The Bertz CT molecular complexity index is 228. The Morgan fingerprint density at radius 2 is 2.50 bits per heavy atom. The Hall–Kier alpha value is -1.06. The summed E-state index contributed by atoms with van der Waals surface area (Å²) in [6.45, 7) is 4.28. The van der Waals surface area contributed by atoms with Gasteiger partial charge in [-0.05, 0) is 13.8 Å². The van der Waals surface area contributed by atoms with Gasteiger partial charge in [0, 0.05) is 6.42 Å². The van der Waals surface area contributed by atoms with Crippen LogP contribution >= 0.6 is 0 Å². The first-order chi connectivity index (χ1) is 4.67. The molecule has 0 saturated carbocycles. The van der Waals surface area contributed by atoms with Crippen LogP contribution in [0, 0.1) is 0 Å². The lowest BCUT2D eigenvalue weighted by Crippen LogP contribution is -2.31. The Kier molecular flexibility index (Phi) is 0.859. The Balaban J connectivity index is 2.37. The fourth-order valence-corrected chi connectivity index (χ4v) is 1.23. The van der Waals surface area contributed by atoms with E-state index >= 15 is 0 Å². The van der Waals surface area contributed by atoms with Crippen molar-refractivity contribution in [1.29, 1.82) is 0 Å². The minimum Gasteiger partial charge on any atom is -0.317 e. The quantitative estimate of drug-likeness (QED) is 0.555. The van der Waals surface area contributed by atoms with Crippen LogP contribution in [0.4, 0.5) is 0 Å². The van der Waals surface area contributed by atoms with Crippen molar-refractivity contribution in [1.82, 2.24) is 14.9 Å². The molecule has 0 atom stereocenters. The molecule has 0 spiro atoms. The van der Waals surface area contributed by atoms with Gasteiger partial charge in [0.15, 0.2) is 5.82 Å². The molecular weight excluding hydrogens is 128 g/mol. The van der Waals surface area contributed by atoms with Crippen molar-refractivity contribution in [2.24, 2.45) is 0 Å². The summed E-state index contributed by atoms with van der Waals surface area (Å²) in [5.74, 6) is 1.02. The maximum absolute atomic E-state index is 3.94. The summed E-state index contributed by atoms with van der Waals surface area (Å²) in [7, 11) is 0. The second-order valence-corrected chi connectivity index (χ2v) is 3.29. The van der Waals surface area contributed by atoms with Gasteiger partial charge in [-0.1, -0.05) is 0 Å². The first-order valence-electron chi connectivity index (χ1n) is 3.34. The molecule has 2 rings (SSSR count).